The average Bonchev–Trinajstić information content (AvgIpc) is 3.33. The van der Waals surface area contributed by atoms with Crippen LogP contribution in [-0.4, -0.2) is 47.4 Å². The number of unbranched alkanes of at least 4 members (excludes halogenated alkanes) is 38. The lowest BCUT2D eigenvalue weighted by Crippen LogP contribution is -2.45. The first-order chi connectivity index (χ1) is 33.0. The second kappa shape index (κ2) is 56.7. The molecule has 2 unspecified atom stereocenters. The third-order valence-electron chi connectivity index (χ3n) is 13.6. The van der Waals surface area contributed by atoms with E-state index < -0.39 is 12.1 Å². The number of nitrogens with one attached hydrogen (secondary N) is 1. The van der Waals surface area contributed by atoms with Crippen LogP contribution in [0.5, 0.6) is 0 Å². The Morgan fingerprint density at radius 3 is 1.21 bits per heavy atom. The molecule has 0 bridgehead atoms. The van der Waals surface area contributed by atoms with Crippen molar-refractivity contribution in [3.63, 3.8) is 0 Å². The van der Waals surface area contributed by atoms with Crippen LogP contribution in [0.15, 0.2) is 36.5 Å². The van der Waals surface area contributed by atoms with Gasteiger partial charge >= 0.3 is 5.97 Å². The highest BCUT2D eigenvalue weighted by Crippen LogP contribution is 2.17. The lowest BCUT2D eigenvalue weighted by molar-refractivity contribution is -0.143. The largest absolute Gasteiger partial charge is 0.466 e. The fraction of sp³-hybridized carbons (Fsp3) is 0.869. The van der Waals surface area contributed by atoms with Gasteiger partial charge in [-0.1, -0.05) is 262 Å². The predicted octanol–water partition coefficient (Wildman–Crippen LogP) is 18.4. The van der Waals surface area contributed by atoms with E-state index in [2.05, 4.69) is 55.6 Å². The third-order valence-corrected chi connectivity index (χ3v) is 13.6. The Balaban J connectivity index is 3.35. The van der Waals surface area contributed by atoms with Crippen LogP contribution >= 0.6 is 0 Å². The van der Waals surface area contributed by atoms with Gasteiger partial charge in [-0.05, 0) is 77.0 Å². The summed E-state index contributed by atoms with van der Waals surface area (Å²) in [5.41, 5.74) is 0. The van der Waals surface area contributed by atoms with E-state index in [1.807, 2.05) is 0 Å². The summed E-state index contributed by atoms with van der Waals surface area (Å²) in [6.45, 7) is 4.87. The van der Waals surface area contributed by atoms with Gasteiger partial charge < -0.3 is 20.3 Å². The van der Waals surface area contributed by atoms with E-state index in [1.54, 1.807) is 0 Å². The van der Waals surface area contributed by atoms with Crippen molar-refractivity contribution < 1.29 is 24.5 Å². The van der Waals surface area contributed by atoms with Gasteiger partial charge in [0.25, 0.3) is 0 Å². The normalized spacial score (nSPS) is 12.8. The second-order valence-electron chi connectivity index (χ2n) is 20.3. The van der Waals surface area contributed by atoms with Gasteiger partial charge in [-0.2, -0.15) is 0 Å². The smallest absolute Gasteiger partial charge is 0.305 e. The molecule has 2 atom stereocenters. The molecule has 394 valence electrons. The minimum Gasteiger partial charge on any atom is -0.466 e. The van der Waals surface area contributed by atoms with E-state index >= 15 is 0 Å². The summed E-state index contributed by atoms with van der Waals surface area (Å²) in [4.78, 5) is 24.4. The maximum atomic E-state index is 12.4. The van der Waals surface area contributed by atoms with Gasteiger partial charge in [0.15, 0.2) is 0 Å². The molecule has 0 saturated carbocycles. The van der Waals surface area contributed by atoms with Crippen LogP contribution < -0.4 is 5.32 Å². The van der Waals surface area contributed by atoms with Gasteiger partial charge in [0.2, 0.25) is 5.91 Å². The number of allylic oxidation sites excluding steroid dienone is 6. The van der Waals surface area contributed by atoms with Crippen molar-refractivity contribution in [1.29, 1.82) is 0 Å². The second-order valence-corrected chi connectivity index (χ2v) is 20.3. The van der Waals surface area contributed by atoms with E-state index in [0.717, 1.165) is 51.4 Å². The summed E-state index contributed by atoms with van der Waals surface area (Å²) in [6.07, 6.45) is 70.2. The molecule has 1 amide bonds. The Kier molecular flexibility index (Phi) is 55.0. The number of rotatable bonds is 55. The molecule has 3 N–H and O–H groups in total. The summed E-state index contributed by atoms with van der Waals surface area (Å²) >= 11 is 0. The zero-order valence-electron chi connectivity index (χ0n) is 44.9. The Labute approximate surface area is 417 Å². The number of carbonyl (C=O) groups is 2. The predicted molar refractivity (Wildman–Crippen MR) is 292 cm³/mol. The fourth-order valence-electron chi connectivity index (χ4n) is 9.08. The number of ether oxygens (including phenoxy) is 1. The standard InChI is InChI=1S/C61H115NO5/c1-3-5-7-9-11-13-14-31-35-39-43-47-51-55-61(66)67-56-52-48-44-40-36-33-30-28-26-24-22-20-18-16-15-17-19-21-23-25-27-29-32-34-38-42-46-50-54-60(65)62-58(57-63)59(64)53-49-45-41-37-12-10-8-6-4-2/h7,9,13-16,58-59,63-64H,3-6,8,10-12,17-57H2,1-2H3,(H,62,65)/b9-7-,14-13-,16-15-. The number of esters is 1. The average molecular weight is 943 g/mol. The molecule has 0 aliphatic carbocycles. The number of aliphatic hydroxyl groups excluding tert-OH is 2. The summed E-state index contributed by atoms with van der Waals surface area (Å²) in [6, 6.07) is -0.539. The van der Waals surface area contributed by atoms with Crippen molar-refractivity contribution in [3.05, 3.63) is 36.5 Å². The highest BCUT2D eigenvalue weighted by atomic mass is 16.5. The van der Waals surface area contributed by atoms with E-state index in [4.69, 9.17) is 4.74 Å². The number of hydrogen-bond donors (Lipinski definition) is 3. The van der Waals surface area contributed by atoms with Gasteiger partial charge in [-0.3, -0.25) is 9.59 Å². The first-order valence-electron chi connectivity index (χ1n) is 29.7. The summed E-state index contributed by atoms with van der Waals surface area (Å²) < 4.78 is 5.47. The minimum absolute atomic E-state index is 0.0000793. The molecule has 0 rings (SSSR count). The van der Waals surface area contributed by atoms with Crippen LogP contribution in [0.1, 0.15) is 316 Å². The first kappa shape index (κ1) is 65.1. The van der Waals surface area contributed by atoms with Gasteiger partial charge in [0, 0.05) is 12.8 Å². The lowest BCUT2D eigenvalue weighted by atomic mass is 10.0. The molecule has 0 aromatic rings. The molecule has 0 aromatic heterocycles. The minimum atomic E-state index is -0.662. The van der Waals surface area contributed by atoms with E-state index in [0.29, 0.717) is 25.9 Å². The summed E-state index contributed by atoms with van der Waals surface area (Å²) in [7, 11) is 0. The Morgan fingerprint density at radius 1 is 0.418 bits per heavy atom. The number of aliphatic hydroxyl groups is 2. The van der Waals surface area contributed by atoms with E-state index in [1.165, 1.54) is 231 Å². The highest BCUT2D eigenvalue weighted by Gasteiger charge is 2.20. The van der Waals surface area contributed by atoms with Gasteiger partial charge in [-0.25, -0.2) is 0 Å². The summed E-state index contributed by atoms with van der Waals surface area (Å²) in [5, 5.41) is 23.1. The molecule has 67 heavy (non-hydrogen) atoms. The Morgan fingerprint density at radius 2 is 0.776 bits per heavy atom. The lowest BCUT2D eigenvalue weighted by Gasteiger charge is -2.22. The van der Waals surface area contributed by atoms with Gasteiger partial charge in [0.1, 0.15) is 0 Å². The molecule has 0 aliphatic rings. The van der Waals surface area contributed by atoms with Crippen molar-refractivity contribution >= 4 is 11.9 Å². The zero-order valence-corrected chi connectivity index (χ0v) is 44.9. The molecule has 6 heteroatoms. The number of carbonyl (C=O) groups excluding carboxylic acids is 2. The van der Waals surface area contributed by atoms with Crippen LogP contribution in [0.3, 0.4) is 0 Å². The molecule has 0 saturated heterocycles. The monoisotopic (exact) mass is 942 g/mol. The molecule has 0 fully saturated rings. The van der Waals surface area contributed by atoms with Crippen molar-refractivity contribution in [2.45, 2.75) is 328 Å². The third kappa shape index (κ3) is 53.3. The molecular formula is C61H115NO5. The molecule has 0 heterocycles. The van der Waals surface area contributed by atoms with Crippen LogP contribution in [0.4, 0.5) is 0 Å². The number of hydrogen-bond acceptors (Lipinski definition) is 5. The molecule has 0 spiro atoms. The first-order valence-corrected chi connectivity index (χ1v) is 29.7. The number of amides is 1. The van der Waals surface area contributed by atoms with Crippen molar-refractivity contribution in [1.82, 2.24) is 5.32 Å². The quantitative estimate of drug-likeness (QED) is 0.0321. The van der Waals surface area contributed by atoms with Crippen molar-refractivity contribution in [2.24, 2.45) is 0 Å². The molecule has 0 radical (unpaired) electrons. The topological polar surface area (TPSA) is 95.9 Å². The maximum absolute atomic E-state index is 12.4. The fourth-order valence-corrected chi connectivity index (χ4v) is 9.08. The van der Waals surface area contributed by atoms with Crippen molar-refractivity contribution in [2.75, 3.05) is 13.2 Å². The Hall–Kier alpha value is -1.92. The molecule has 0 aliphatic heterocycles. The highest BCUT2D eigenvalue weighted by molar-refractivity contribution is 5.76. The van der Waals surface area contributed by atoms with Crippen LogP contribution in [0, 0.1) is 0 Å². The maximum Gasteiger partial charge on any atom is 0.305 e. The van der Waals surface area contributed by atoms with E-state index in [-0.39, 0.29) is 18.5 Å². The van der Waals surface area contributed by atoms with Gasteiger partial charge in [-0.15, -0.1) is 0 Å². The van der Waals surface area contributed by atoms with Crippen LogP contribution in [-0.2, 0) is 14.3 Å². The SMILES string of the molecule is CCC/C=C\C/C=C\CCCCCCCC(=O)OCCCCCCCCCCCCCC/C=C\CCCCCCCCCCCCCCC(=O)NC(CO)C(O)CCCCCCCCCCC. The van der Waals surface area contributed by atoms with Gasteiger partial charge in [0.05, 0.1) is 25.4 Å². The van der Waals surface area contributed by atoms with Crippen molar-refractivity contribution in [3.8, 4) is 0 Å². The zero-order chi connectivity index (χ0) is 48.6. The molecule has 0 aromatic carbocycles. The van der Waals surface area contributed by atoms with Crippen LogP contribution in [0.25, 0.3) is 0 Å². The molecular weight excluding hydrogens is 827 g/mol. The van der Waals surface area contributed by atoms with E-state index in [9.17, 15) is 19.8 Å². The Bertz CT molecular complexity index is 1090. The van der Waals surface area contributed by atoms with Crippen LogP contribution in [0.2, 0.25) is 0 Å². The summed E-state index contributed by atoms with van der Waals surface area (Å²) in [5.74, 6) is -0.0370. The molecule has 6 nitrogen and oxygen atoms in total.